The number of carboxylic acid groups (broad SMARTS) is 1. The van der Waals surface area contributed by atoms with Gasteiger partial charge in [-0.2, -0.15) is 4.39 Å². The topological polar surface area (TPSA) is 87.4 Å². The van der Waals surface area contributed by atoms with Crippen molar-refractivity contribution in [3.63, 3.8) is 0 Å². The lowest BCUT2D eigenvalue weighted by molar-refractivity contribution is -0.131. The summed E-state index contributed by atoms with van der Waals surface area (Å²) in [5, 5.41) is 13.8. The Morgan fingerprint density at radius 2 is 1.81 bits per heavy atom. The summed E-state index contributed by atoms with van der Waals surface area (Å²) in [6, 6.07) is 19.7. The predicted octanol–water partition coefficient (Wildman–Crippen LogP) is 7.78. The Hall–Kier alpha value is -3.72. The van der Waals surface area contributed by atoms with E-state index in [1.807, 2.05) is 54.6 Å². The molecular formula is C35H35FN2O4S. The molecule has 2 aliphatic rings. The largest absolute Gasteiger partial charge is 0.612 e. The number of aryl methyl sites for hydroxylation is 1. The number of hydrogen-bond donors (Lipinski definition) is 1. The van der Waals surface area contributed by atoms with Crippen molar-refractivity contribution < 1.29 is 23.6 Å². The third-order valence-corrected chi connectivity index (χ3v) is 9.52. The lowest BCUT2D eigenvalue weighted by Crippen LogP contribution is -2.19. The summed E-state index contributed by atoms with van der Waals surface area (Å²) in [6.07, 6.45) is 10.2. The number of carbonyl (C=O) groups is 1. The predicted molar refractivity (Wildman–Crippen MR) is 168 cm³/mol. The zero-order chi connectivity index (χ0) is 30.1. The lowest BCUT2D eigenvalue weighted by Gasteiger charge is -2.32. The second-order valence-electron chi connectivity index (χ2n) is 11.4. The van der Waals surface area contributed by atoms with Gasteiger partial charge in [0, 0.05) is 12.7 Å². The van der Waals surface area contributed by atoms with Gasteiger partial charge in [-0.25, -0.2) is 9.48 Å². The summed E-state index contributed by atoms with van der Waals surface area (Å²) >= 11 is -1.09. The van der Waals surface area contributed by atoms with Crippen LogP contribution in [0.25, 0.3) is 28.1 Å². The lowest BCUT2D eigenvalue weighted by atomic mass is 9.72. The zero-order valence-electron chi connectivity index (χ0n) is 24.4. The fourth-order valence-corrected chi connectivity index (χ4v) is 6.78. The molecule has 2 atom stereocenters. The van der Waals surface area contributed by atoms with Crippen molar-refractivity contribution in [3.05, 3.63) is 101 Å². The van der Waals surface area contributed by atoms with Crippen LogP contribution in [-0.4, -0.2) is 38.3 Å². The summed E-state index contributed by atoms with van der Waals surface area (Å²) in [4.78, 5) is 11.9. The van der Waals surface area contributed by atoms with Gasteiger partial charge in [0.1, 0.15) is 6.26 Å². The van der Waals surface area contributed by atoms with Crippen molar-refractivity contribution in [2.75, 3.05) is 12.9 Å². The Balaban J connectivity index is 1.55. The molecule has 1 aromatic heterocycles. The quantitative estimate of drug-likeness (QED) is 0.127. The van der Waals surface area contributed by atoms with Crippen molar-refractivity contribution in [2.24, 2.45) is 5.92 Å². The molecule has 6 nitrogen and oxygen atoms in total. The molecule has 1 saturated heterocycles. The van der Waals surface area contributed by atoms with Gasteiger partial charge in [-0.3, -0.25) is 0 Å². The van der Waals surface area contributed by atoms with Gasteiger partial charge in [-0.15, -0.1) is 5.10 Å². The van der Waals surface area contributed by atoms with Crippen LogP contribution in [0.5, 0.6) is 0 Å². The highest BCUT2D eigenvalue weighted by atomic mass is 32.2. The van der Waals surface area contributed by atoms with Crippen molar-refractivity contribution in [2.45, 2.75) is 56.6 Å². The fourth-order valence-electron chi connectivity index (χ4n) is 6.17. The van der Waals surface area contributed by atoms with E-state index in [2.05, 4.69) is 18.1 Å². The molecule has 0 amide bonds. The molecule has 1 aliphatic carbocycles. The molecule has 6 rings (SSSR count). The summed E-state index contributed by atoms with van der Waals surface area (Å²) in [5.41, 5.74) is 7.66. The third kappa shape index (κ3) is 6.05. The Kier molecular flexibility index (Phi) is 8.52. The van der Waals surface area contributed by atoms with Crippen molar-refractivity contribution in [1.29, 1.82) is 0 Å². The number of aliphatic carboxylic acids is 1. The van der Waals surface area contributed by atoms with Gasteiger partial charge in [-0.1, -0.05) is 36.8 Å². The summed E-state index contributed by atoms with van der Waals surface area (Å²) in [5.74, 6) is -1.20. The highest BCUT2D eigenvalue weighted by Crippen LogP contribution is 2.46. The van der Waals surface area contributed by atoms with Gasteiger partial charge < -0.3 is 14.4 Å². The Morgan fingerprint density at radius 3 is 2.44 bits per heavy atom. The zero-order valence-corrected chi connectivity index (χ0v) is 25.2. The molecule has 1 N–H and O–H groups in total. The first-order valence-electron chi connectivity index (χ1n) is 14.8. The van der Waals surface area contributed by atoms with E-state index < -0.39 is 23.1 Å². The van der Waals surface area contributed by atoms with E-state index in [1.54, 1.807) is 17.0 Å². The normalized spacial score (nSPS) is 18.9. The molecule has 2 heterocycles. The van der Waals surface area contributed by atoms with E-state index in [-0.39, 0.29) is 6.23 Å². The first-order chi connectivity index (χ1) is 20.8. The average molecular weight is 599 g/mol. The van der Waals surface area contributed by atoms with Crippen molar-refractivity contribution >= 4 is 45.3 Å². The number of halogens is 1. The Morgan fingerprint density at radius 1 is 1.05 bits per heavy atom. The molecule has 0 radical (unpaired) electrons. The van der Waals surface area contributed by atoms with Gasteiger partial charge in [0.25, 0.3) is 0 Å². The van der Waals surface area contributed by atoms with Gasteiger partial charge in [0.05, 0.1) is 10.9 Å². The summed E-state index contributed by atoms with van der Waals surface area (Å²) < 4.78 is 35.3. The number of fused-ring (bicyclic) bond motifs is 1. The number of nitrogens with zero attached hydrogens (tertiary/aromatic N) is 2. The molecule has 0 spiro atoms. The number of allylic oxidation sites excluding steroid dienone is 1. The standard InChI is InChI=1S/C35H35FN2O4S/c1-22-20-27(43(2)41)15-16-28(22)34(24-6-5-7-24)33(25-12-9-23(10-13-25)11-18-32(39)40)26-14-17-30-29(21-26)35(36)37-38(30)31-8-3-4-19-42-31/h9-18,20-21,24,31H,3-8,19H2,1-2H3,(H,39,40). The second kappa shape index (κ2) is 12.5. The minimum Gasteiger partial charge on any atom is -0.612 e. The third-order valence-electron chi connectivity index (χ3n) is 8.60. The molecule has 3 aromatic carbocycles. The first-order valence-corrected chi connectivity index (χ1v) is 16.4. The highest BCUT2D eigenvalue weighted by molar-refractivity contribution is 7.90. The molecule has 1 saturated carbocycles. The van der Waals surface area contributed by atoms with Crippen LogP contribution in [0.4, 0.5) is 4.39 Å². The molecule has 4 aromatic rings. The molecule has 8 heteroatoms. The summed E-state index contributed by atoms with van der Waals surface area (Å²) in [7, 11) is 0. The van der Waals surface area contributed by atoms with Crippen LogP contribution in [0, 0.1) is 18.8 Å². The molecule has 2 fully saturated rings. The van der Waals surface area contributed by atoms with E-state index in [4.69, 9.17) is 9.84 Å². The number of carboxylic acids is 1. The molecular weight excluding hydrogens is 563 g/mol. The van der Waals surface area contributed by atoms with Gasteiger partial charge >= 0.3 is 5.97 Å². The summed E-state index contributed by atoms with van der Waals surface area (Å²) in [6.45, 7) is 2.70. The maximum Gasteiger partial charge on any atom is 0.328 e. The maximum atomic E-state index is 15.5. The molecule has 0 bridgehead atoms. The Labute approximate surface area is 254 Å². The van der Waals surface area contributed by atoms with E-state index in [9.17, 15) is 9.35 Å². The average Bonchev–Trinajstić information content (AvgIpc) is 3.31. The first kappa shape index (κ1) is 29.4. The number of rotatable bonds is 8. The molecule has 43 heavy (non-hydrogen) atoms. The SMILES string of the molecule is Cc1cc([S+](C)[O-])ccc1C(=C(c1ccc(C=CC(=O)O)cc1)c1ccc2c(c1)c(F)nn2C1CCCCO1)C1CCC1. The molecule has 222 valence electrons. The Bertz CT molecular complexity index is 1710. The van der Waals surface area contributed by atoms with Gasteiger partial charge in [-0.05, 0) is 131 Å². The number of ether oxygens (including phenoxy) is 1. The minimum absolute atomic E-state index is 0.274. The van der Waals surface area contributed by atoms with Gasteiger partial charge in [0.15, 0.2) is 11.1 Å². The van der Waals surface area contributed by atoms with Gasteiger partial charge in [0.2, 0.25) is 5.95 Å². The van der Waals surface area contributed by atoms with E-state index in [0.717, 1.165) is 82.9 Å². The van der Waals surface area contributed by atoms with Crippen molar-refractivity contribution in [3.8, 4) is 0 Å². The van der Waals surface area contributed by atoms with Crippen molar-refractivity contribution in [1.82, 2.24) is 9.78 Å². The van der Waals surface area contributed by atoms with Crippen LogP contribution in [0.2, 0.25) is 0 Å². The maximum absolute atomic E-state index is 15.5. The minimum atomic E-state index is -1.09. The fraction of sp³-hybridized carbons (Fsp3) is 0.314. The monoisotopic (exact) mass is 598 g/mol. The van der Waals surface area contributed by atoms with E-state index in [1.165, 1.54) is 5.57 Å². The van der Waals surface area contributed by atoms with Crippen LogP contribution in [0.1, 0.15) is 72.6 Å². The smallest absolute Gasteiger partial charge is 0.328 e. The molecule has 1 aliphatic heterocycles. The van der Waals surface area contributed by atoms with Crippen LogP contribution < -0.4 is 0 Å². The van der Waals surface area contributed by atoms with Crippen LogP contribution >= 0.6 is 0 Å². The second-order valence-corrected chi connectivity index (χ2v) is 12.8. The van der Waals surface area contributed by atoms with E-state index in [0.29, 0.717) is 23.4 Å². The van der Waals surface area contributed by atoms with Crippen LogP contribution in [0.15, 0.2) is 71.6 Å². The van der Waals surface area contributed by atoms with Crippen LogP contribution in [-0.2, 0) is 20.7 Å². The highest BCUT2D eigenvalue weighted by Gasteiger charge is 2.29. The van der Waals surface area contributed by atoms with E-state index >= 15 is 4.39 Å². The molecule has 2 unspecified atom stereocenters. The number of aromatic nitrogens is 2. The number of hydrogen-bond acceptors (Lipinski definition) is 4. The number of benzene rings is 3. The van der Waals surface area contributed by atoms with Crippen LogP contribution in [0.3, 0.4) is 0 Å².